The molecule has 0 saturated carbocycles. The largest absolute Gasteiger partial charge is 0.481 e. The molecule has 1 rings (SSSR count). The van der Waals surface area contributed by atoms with E-state index in [2.05, 4.69) is 4.72 Å². The number of hydrogen-bond donors (Lipinski definition) is 2. The van der Waals surface area contributed by atoms with Crippen molar-refractivity contribution in [3.8, 4) is 0 Å². The summed E-state index contributed by atoms with van der Waals surface area (Å²) in [6, 6.07) is 2.78. The molecule has 0 amide bonds. The fraction of sp³-hybridized carbons (Fsp3) is 0.417. The molecule has 2 N–H and O–H groups in total. The lowest BCUT2D eigenvalue weighted by Gasteiger charge is -2.15. The van der Waals surface area contributed by atoms with Crippen molar-refractivity contribution in [1.82, 2.24) is 4.72 Å². The van der Waals surface area contributed by atoms with Crippen molar-refractivity contribution in [1.29, 1.82) is 0 Å². The van der Waals surface area contributed by atoms with Gasteiger partial charge in [0.25, 0.3) is 5.69 Å². The Morgan fingerprint density at radius 3 is 2.57 bits per heavy atom. The molecule has 0 fully saturated rings. The summed E-state index contributed by atoms with van der Waals surface area (Å²) in [5.74, 6) is -1.13. The van der Waals surface area contributed by atoms with Crippen molar-refractivity contribution in [2.75, 3.05) is 0 Å². The Kier molecular flexibility index (Phi) is 5.39. The van der Waals surface area contributed by atoms with Gasteiger partial charge in [0.1, 0.15) is 0 Å². The fourth-order valence-corrected chi connectivity index (χ4v) is 3.06. The number of carboxylic acids is 1. The topological polar surface area (TPSA) is 127 Å². The number of nitro groups is 1. The smallest absolute Gasteiger partial charge is 0.304 e. The zero-order valence-corrected chi connectivity index (χ0v) is 12.4. The molecule has 1 aromatic rings. The number of nitro benzene ring substituents is 1. The molecular weight excluding hydrogens is 300 g/mol. The Morgan fingerprint density at radius 1 is 1.48 bits per heavy atom. The van der Waals surface area contributed by atoms with Gasteiger partial charge in [-0.15, -0.1) is 0 Å². The second-order valence-electron chi connectivity index (χ2n) is 4.53. The first-order valence-electron chi connectivity index (χ1n) is 6.16. The molecule has 0 heterocycles. The van der Waals surface area contributed by atoms with Crippen LogP contribution in [0.2, 0.25) is 0 Å². The zero-order chi connectivity index (χ0) is 16.2. The van der Waals surface area contributed by atoms with Gasteiger partial charge in [-0.25, -0.2) is 13.1 Å². The van der Waals surface area contributed by atoms with Crippen LogP contribution in [0.1, 0.15) is 25.3 Å². The lowest BCUT2D eigenvalue weighted by Crippen LogP contribution is -2.36. The van der Waals surface area contributed by atoms with Crippen LogP contribution in [0.15, 0.2) is 23.1 Å². The number of rotatable bonds is 7. The predicted octanol–water partition coefficient (Wildman–Crippen LogP) is 1.43. The van der Waals surface area contributed by atoms with Crippen LogP contribution in [0.5, 0.6) is 0 Å². The highest BCUT2D eigenvalue weighted by Gasteiger charge is 2.23. The summed E-state index contributed by atoms with van der Waals surface area (Å²) in [5, 5.41) is 19.5. The van der Waals surface area contributed by atoms with E-state index in [-0.39, 0.29) is 17.0 Å². The summed E-state index contributed by atoms with van der Waals surface area (Å²) in [5.41, 5.74) is 0.0423. The molecule has 1 atom stereocenters. The molecule has 0 saturated heterocycles. The summed E-state index contributed by atoms with van der Waals surface area (Å²) < 4.78 is 26.5. The number of nitrogens with zero attached hydrogens (tertiary/aromatic N) is 1. The van der Waals surface area contributed by atoms with E-state index < -0.39 is 27.0 Å². The van der Waals surface area contributed by atoms with Gasteiger partial charge in [0, 0.05) is 17.7 Å². The van der Waals surface area contributed by atoms with Crippen molar-refractivity contribution >= 4 is 21.7 Å². The molecule has 0 radical (unpaired) electrons. The number of aliphatic carboxylic acids is 1. The Labute approximate surface area is 122 Å². The van der Waals surface area contributed by atoms with E-state index >= 15 is 0 Å². The maximum atomic E-state index is 12.1. The third-order valence-electron chi connectivity index (χ3n) is 2.92. The van der Waals surface area contributed by atoms with Crippen LogP contribution in [0.4, 0.5) is 5.69 Å². The van der Waals surface area contributed by atoms with Crippen LogP contribution in [0, 0.1) is 17.0 Å². The number of benzene rings is 1. The summed E-state index contributed by atoms with van der Waals surface area (Å²) in [7, 11) is -4.01. The van der Waals surface area contributed by atoms with Gasteiger partial charge in [0.15, 0.2) is 0 Å². The SMILES string of the molecule is CCC(CC(=O)O)NS(=O)(=O)c1ccc(C)c([N+](=O)[O-])c1. The van der Waals surface area contributed by atoms with Crippen molar-refractivity contribution in [2.24, 2.45) is 0 Å². The van der Waals surface area contributed by atoms with Gasteiger partial charge >= 0.3 is 5.97 Å². The normalized spacial score (nSPS) is 12.9. The minimum atomic E-state index is -4.01. The number of carbonyl (C=O) groups is 1. The van der Waals surface area contributed by atoms with E-state index in [1.165, 1.54) is 19.1 Å². The number of aryl methyl sites for hydroxylation is 1. The van der Waals surface area contributed by atoms with Gasteiger partial charge in [-0.3, -0.25) is 14.9 Å². The second-order valence-corrected chi connectivity index (χ2v) is 6.24. The van der Waals surface area contributed by atoms with E-state index in [9.17, 15) is 23.3 Å². The van der Waals surface area contributed by atoms with E-state index in [1.54, 1.807) is 6.92 Å². The Bertz CT molecular complexity index is 656. The molecule has 116 valence electrons. The van der Waals surface area contributed by atoms with Crippen LogP contribution < -0.4 is 4.72 Å². The number of hydrogen-bond acceptors (Lipinski definition) is 5. The molecule has 0 aliphatic carbocycles. The molecule has 8 nitrogen and oxygen atoms in total. The highest BCUT2D eigenvalue weighted by molar-refractivity contribution is 7.89. The molecule has 0 aromatic heterocycles. The van der Waals surface area contributed by atoms with Crippen LogP contribution >= 0.6 is 0 Å². The second kappa shape index (κ2) is 6.64. The highest BCUT2D eigenvalue weighted by atomic mass is 32.2. The maximum Gasteiger partial charge on any atom is 0.304 e. The Balaban J connectivity index is 3.10. The average molecular weight is 316 g/mol. The van der Waals surface area contributed by atoms with Crippen LogP contribution in [0.25, 0.3) is 0 Å². The third-order valence-corrected chi connectivity index (χ3v) is 4.44. The van der Waals surface area contributed by atoms with Gasteiger partial charge in [-0.05, 0) is 19.4 Å². The summed E-state index contributed by atoms with van der Waals surface area (Å²) >= 11 is 0. The minimum absolute atomic E-state index is 0.261. The van der Waals surface area contributed by atoms with Crippen molar-refractivity contribution < 1.29 is 23.2 Å². The van der Waals surface area contributed by atoms with Crippen molar-refractivity contribution in [2.45, 2.75) is 37.6 Å². The molecule has 0 aliphatic rings. The first kappa shape index (κ1) is 17.1. The first-order chi connectivity index (χ1) is 9.67. The van der Waals surface area contributed by atoms with E-state index in [1.807, 2.05) is 0 Å². The molecular formula is C12H16N2O6S. The van der Waals surface area contributed by atoms with Crippen molar-refractivity contribution in [3.05, 3.63) is 33.9 Å². The summed E-state index contributed by atoms with van der Waals surface area (Å²) in [6.45, 7) is 3.15. The van der Waals surface area contributed by atoms with Gasteiger partial charge in [0.2, 0.25) is 10.0 Å². The van der Waals surface area contributed by atoms with E-state index in [0.29, 0.717) is 12.0 Å². The molecule has 1 unspecified atom stereocenters. The quantitative estimate of drug-likeness (QED) is 0.579. The lowest BCUT2D eigenvalue weighted by atomic mass is 10.2. The number of sulfonamides is 1. The minimum Gasteiger partial charge on any atom is -0.481 e. The fourth-order valence-electron chi connectivity index (χ4n) is 1.72. The van der Waals surface area contributed by atoms with Gasteiger partial charge in [-0.1, -0.05) is 13.0 Å². The number of nitrogens with one attached hydrogen (secondary N) is 1. The Hall–Kier alpha value is -2.00. The molecule has 0 spiro atoms. The van der Waals surface area contributed by atoms with E-state index in [4.69, 9.17) is 5.11 Å². The van der Waals surface area contributed by atoms with Gasteiger partial charge in [0.05, 0.1) is 16.2 Å². The lowest BCUT2D eigenvalue weighted by molar-refractivity contribution is -0.385. The van der Waals surface area contributed by atoms with Crippen LogP contribution in [-0.4, -0.2) is 30.5 Å². The summed E-state index contributed by atoms with van der Waals surface area (Å²) in [4.78, 5) is 20.6. The molecule has 21 heavy (non-hydrogen) atoms. The predicted molar refractivity (Wildman–Crippen MR) is 74.5 cm³/mol. The summed E-state index contributed by atoms with van der Waals surface area (Å²) in [6.07, 6.45) is -0.0663. The third kappa shape index (κ3) is 4.50. The number of carboxylic acid groups (broad SMARTS) is 1. The van der Waals surface area contributed by atoms with E-state index in [0.717, 1.165) is 6.07 Å². The molecule has 0 bridgehead atoms. The van der Waals surface area contributed by atoms with Crippen molar-refractivity contribution in [3.63, 3.8) is 0 Å². The standard InChI is InChI=1S/C12H16N2O6S/c1-3-9(6-12(15)16)13-21(19,20)10-5-4-8(2)11(7-10)14(17)18/h4-5,7,9,13H,3,6H2,1-2H3,(H,15,16). The van der Waals surface area contributed by atoms with Gasteiger partial charge < -0.3 is 5.11 Å². The average Bonchev–Trinajstić information content (AvgIpc) is 2.36. The monoisotopic (exact) mass is 316 g/mol. The maximum absolute atomic E-state index is 12.1. The first-order valence-corrected chi connectivity index (χ1v) is 7.65. The highest BCUT2D eigenvalue weighted by Crippen LogP contribution is 2.22. The van der Waals surface area contributed by atoms with Crippen LogP contribution in [-0.2, 0) is 14.8 Å². The Morgan fingerprint density at radius 2 is 2.10 bits per heavy atom. The molecule has 9 heteroatoms. The zero-order valence-electron chi connectivity index (χ0n) is 11.6. The van der Waals surface area contributed by atoms with Crippen LogP contribution in [0.3, 0.4) is 0 Å². The molecule has 0 aliphatic heterocycles. The van der Waals surface area contributed by atoms with Gasteiger partial charge in [-0.2, -0.15) is 0 Å². The molecule has 1 aromatic carbocycles.